The van der Waals surface area contributed by atoms with Crippen molar-refractivity contribution in [3.05, 3.63) is 34.9 Å². The summed E-state index contributed by atoms with van der Waals surface area (Å²) in [6.45, 7) is 6.15. The fourth-order valence-corrected chi connectivity index (χ4v) is 2.76. The molecule has 1 aromatic rings. The zero-order valence-electron chi connectivity index (χ0n) is 9.37. The van der Waals surface area contributed by atoms with E-state index in [2.05, 4.69) is 4.72 Å². The first-order valence-electron chi connectivity index (χ1n) is 4.98. The van der Waals surface area contributed by atoms with E-state index in [1.165, 1.54) is 0 Å². The zero-order chi connectivity index (χ0) is 11.5. The summed E-state index contributed by atoms with van der Waals surface area (Å²) in [6, 6.07) is 5.81. The van der Waals surface area contributed by atoms with Gasteiger partial charge in [0, 0.05) is 6.54 Å². The molecule has 0 bridgehead atoms. The molecule has 0 radical (unpaired) electrons. The fraction of sp³-hybridized carbons (Fsp3) is 0.455. The van der Waals surface area contributed by atoms with E-state index in [-0.39, 0.29) is 5.75 Å². The van der Waals surface area contributed by atoms with E-state index in [1.807, 2.05) is 32.0 Å². The van der Waals surface area contributed by atoms with Gasteiger partial charge in [0.05, 0.1) is 5.75 Å². The highest BCUT2D eigenvalue weighted by molar-refractivity contribution is 7.88. The molecule has 1 N–H and O–H groups in total. The highest BCUT2D eigenvalue weighted by Crippen LogP contribution is 2.13. The molecule has 3 nitrogen and oxygen atoms in total. The average molecular weight is 227 g/mol. The molecule has 0 aromatic heterocycles. The summed E-state index contributed by atoms with van der Waals surface area (Å²) < 4.78 is 25.5. The summed E-state index contributed by atoms with van der Waals surface area (Å²) in [6.07, 6.45) is 0. The van der Waals surface area contributed by atoms with E-state index in [9.17, 15) is 8.42 Å². The molecule has 0 unspecified atom stereocenters. The van der Waals surface area contributed by atoms with Gasteiger partial charge in [0.15, 0.2) is 0 Å². The van der Waals surface area contributed by atoms with Gasteiger partial charge in [0.25, 0.3) is 0 Å². The van der Waals surface area contributed by atoms with Crippen molar-refractivity contribution in [2.24, 2.45) is 0 Å². The van der Waals surface area contributed by atoms with Crippen molar-refractivity contribution in [1.82, 2.24) is 4.72 Å². The van der Waals surface area contributed by atoms with Gasteiger partial charge in [-0.05, 0) is 25.0 Å². The van der Waals surface area contributed by atoms with Gasteiger partial charge in [0.1, 0.15) is 0 Å². The van der Waals surface area contributed by atoms with Crippen LogP contribution in [0.5, 0.6) is 0 Å². The molecular formula is C11H17NO2S. The molecule has 84 valence electrons. The van der Waals surface area contributed by atoms with Crippen LogP contribution in [0.2, 0.25) is 0 Å². The maximum absolute atomic E-state index is 11.5. The van der Waals surface area contributed by atoms with Gasteiger partial charge in [0.2, 0.25) is 10.0 Å². The first-order valence-corrected chi connectivity index (χ1v) is 6.63. The van der Waals surface area contributed by atoms with Crippen LogP contribution in [0.25, 0.3) is 0 Å². The molecule has 0 amide bonds. The summed E-state index contributed by atoms with van der Waals surface area (Å²) in [4.78, 5) is 0. The summed E-state index contributed by atoms with van der Waals surface area (Å²) >= 11 is 0. The average Bonchev–Trinajstić information content (AvgIpc) is 2.09. The molecule has 0 heterocycles. The Kier molecular flexibility index (Phi) is 3.88. The lowest BCUT2D eigenvalue weighted by molar-refractivity contribution is 0.583. The lowest BCUT2D eigenvalue weighted by Crippen LogP contribution is -2.24. The van der Waals surface area contributed by atoms with Crippen LogP contribution >= 0.6 is 0 Å². The zero-order valence-corrected chi connectivity index (χ0v) is 10.2. The third-order valence-corrected chi connectivity index (χ3v) is 3.63. The number of sulfonamides is 1. The summed E-state index contributed by atoms with van der Waals surface area (Å²) in [7, 11) is -3.17. The van der Waals surface area contributed by atoms with Crippen molar-refractivity contribution in [1.29, 1.82) is 0 Å². The van der Waals surface area contributed by atoms with Crippen molar-refractivity contribution in [2.75, 3.05) is 6.54 Å². The number of aryl methyl sites for hydroxylation is 2. The predicted molar refractivity (Wildman–Crippen MR) is 62.2 cm³/mol. The standard InChI is InChI=1S/C11H17NO2S/c1-4-12-15(13,14)8-11-6-5-9(2)7-10(11)3/h5-7,12H,4,8H2,1-3H3. The van der Waals surface area contributed by atoms with Crippen molar-refractivity contribution < 1.29 is 8.42 Å². The second-order valence-corrected chi connectivity index (χ2v) is 5.49. The largest absolute Gasteiger partial charge is 0.215 e. The number of nitrogens with one attached hydrogen (secondary N) is 1. The molecular weight excluding hydrogens is 210 g/mol. The van der Waals surface area contributed by atoms with Crippen molar-refractivity contribution in [3.63, 3.8) is 0 Å². The van der Waals surface area contributed by atoms with Crippen LogP contribution in [0.3, 0.4) is 0 Å². The number of benzene rings is 1. The van der Waals surface area contributed by atoms with Crippen molar-refractivity contribution in [2.45, 2.75) is 26.5 Å². The number of hydrogen-bond donors (Lipinski definition) is 1. The van der Waals surface area contributed by atoms with E-state index >= 15 is 0 Å². The quantitative estimate of drug-likeness (QED) is 0.851. The van der Waals surface area contributed by atoms with Gasteiger partial charge in [-0.1, -0.05) is 30.7 Å². The second-order valence-electron chi connectivity index (χ2n) is 3.69. The van der Waals surface area contributed by atoms with Gasteiger partial charge in [-0.25, -0.2) is 13.1 Å². The third kappa shape index (κ3) is 3.64. The molecule has 15 heavy (non-hydrogen) atoms. The monoisotopic (exact) mass is 227 g/mol. The maximum atomic E-state index is 11.5. The van der Waals surface area contributed by atoms with Crippen LogP contribution in [-0.2, 0) is 15.8 Å². The molecule has 0 aliphatic rings. The summed E-state index contributed by atoms with van der Waals surface area (Å²) in [5, 5.41) is 0. The fourth-order valence-electron chi connectivity index (χ4n) is 1.48. The normalized spacial score (nSPS) is 11.7. The lowest BCUT2D eigenvalue weighted by atomic mass is 10.1. The van der Waals surface area contributed by atoms with E-state index in [0.717, 1.165) is 16.7 Å². The highest BCUT2D eigenvalue weighted by Gasteiger charge is 2.11. The van der Waals surface area contributed by atoms with Gasteiger partial charge in [-0.3, -0.25) is 0 Å². The molecule has 0 fully saturated rings. The Morgan fingerprint density at radius 1 is 1.27 bits per heavy atom. The molecule has 0 aliphatic heterocycles. The Morgan fingerprint density at radius 3 is 2.47 bits per heavy atom. The third-order valence-electron chi connectivity index (χ3n) is 2.21. The van der Waals surface area contributed by atoms with Crippen LogP contribution in [0, 0.1) is 13.8 Å². The van der Waals surface area contributed by atoms with E-state index in [0.29, 0.717) is 6.54 Å². The van der Waals surface area contributed by atoms with E-state index in [1.54, 1.807) is 6.92 Å². The van der Waals surface area contributed by atoms with Gasteiger partial charge in [-0.15, -0.1) is 0 Å². The number of hydrogen-bond acceptors (Lipinski definition) is 2. The van der Waals surface area contributed by atoms with Crippen LogP contribution in [0.4, 0.5) is 0 Å². The molecule has 0 aliphatic carbocycles. The second kappa shape index (κ2) is 4.77. The molecule has 0 atom stereocenters. The SMILES string of the molecule is CCNS(=O)(=O)Cc1ccc(C)cc1C. The van der Waals surface area contributed by atoms with Crippen molar-refractivity contribution >= 4 is 10.0 Å². The Morgan fingerprint density at radius 2 is 1.93 bits per heavy atom. The first kappa shape index (κ1) is 12.2. The predicted octanol–water partition coefficient (Wildman–Crippen LogP) is 1.74. The molecule has 4 heteroatoms. The van der Waals surface area contributed by atoms with Gasteiger partial charge in [-0.2, -0.15) is 0 Å². The Labute approximate surface area is 91.6 Å². The van der Waals surface area contributed by atoms with Gasteiger partial charge >= 0.3 is 0 Å². The topological polar surface area (TPSA) is 46.2 Å². The molecule has 0 saturated carbocycles. The minimum absolute atomic E-state index is 0.0625. The van der Waals surface area contributed by atoms with Crippen molar-refractivity contribution in [3.8, 4) is 0 Å². The summed E-state index contributed by atoms with van der Waals surface area (Å²) in [5.41, 5.74) is 3.04. The minimum Gasteiger partial charge on any atom is -0.215 e. The molecule has 0 saturated heterocycles. The lowest BCUT2D eigenvalue weighted by Gasteiger charge is -2.08. The van der Waals surface area contributed by atoms with Crippen LogP contribution in [0.1, 0.15) is 23.6 Å². The first-order chi connectivity index (χ1) is 6.94. The Bertz CT molecular complexity index is 438. The van der Waals surface area contributed by atoms with Crippen LogP contribution in [0.15, 0.2) is 18.2 Å². The molecule has 1 rings (SSSR count). The molecule has 0 spiro atoms. The minimum atomic E-state index is -3.17. The van der Waals surface area contributed by atoms with E-state index < -0.39 is 10.0 Å². The molecule has 1 aromatic carbocycles. The smallest absolute Gasteiger partial charge is 0.215 e. The summed E-state index contributed by atoms with van der Waals surface area (Å²) in [5.74, 6) is 0.0625. The Balaban J connectivity index is 2.90. The van der Waals surface area contributed by atoms with Crippen LogP contribution in [-0.4, -0.2) is 15.0 Å². The Hall–Kier alpha value is -0.870. The van der Waals surface area contributed by atoms with Gasteiger partial charge < -0.3 is 0 Å². The van der Waals surface area contributed by atoms with E-state index in [4.69, 9.17) is 0 Å². The van der Waals surface area contributed by atoms with Crippen LogP contribution < -0.4 is 4.72 Å². The number of rotatable bonds is 4. The maximum Gasteiger partial charge on any atom is 0.215 e. The highest BCUT2D eigenvalue weighted by atomic mass is 32.2.